The van der Waals surface area contributed by atoms with Crippen LogP contribution in [0, 0.1) is 0 Å². The molecule has 1 aromatic heterocycles. The summed E-state index contributed by atoms with van der Waals surface area (Å²) in [6.07, 6.45) is 2.01. The highest BCUT2D eigenvalue weighted by atomic mass is 127. The summed E-state index contributed by atoms with van der Waals surface area (Å²) < 4.78 is 4.40. The number of hydrogen-bond donors (Lipinski definition) is 0. The molecule has 0 bridgehead atoms. The van der Waals surface area contributed by atoms with Crippen LogP contribution in [-0.2, 0) is 13.0 Å². The van der Waals surface area contributed by atoms with E-state index < -0.39 is 0 Å². The van der Waals surface area contributed by atoms with Crippen molar-refractivity contribution in [3.05, 3.63) is 11.0 Å². The molecule has 78 valence electrons. The van der Waals surface area contributed by atoms with Crippen LogP contribution in [-0.4, -0.2) is 20.2 Å². The highest BCUT2D eigenvalue weighted by Gasteiger charge is 2.06. The largest absolute Gasteiger partial charge is 0.225 e. The zero-order valence-corrected chi connectivity index (χ0v) is 14.0. The van der Waals surface area contributed by atoms with Crippen molar-refractivity contribution >= 4 is 67.8 Å². The lowest BCUT2D eigenvalue weighted by molar-refractivity contribution is 0.621. The van der Waals surface area contributed by atoms with Crippen LogP contribution < -0.4 is 0 Å². The van der Waals surface area contributed by atoms with Crippen LogP contribution in [0.2, 0.25) is 0 Å². The number of aryl methyl sites for hydroxylation is 1. The van der Waals surface area contributed by atoms with Crippen LogP contribution in [0.1, 0.15) is 19.2 Å². The van der Waals surface area contributed by atoms with Gasteiger partial charge in [-0.15, -0.1) is 5.10 Å². The summed E-state index contributed by atoms with van der Waals surface area (Å²) in [5.41, 5.74) is 0. The van der Waals surface area contributed by atoms with E-state index in [1.165, 1.54) is 5.17 Å². The van der Waals surface area contributed by atoms with Crippen molar-refractivity contribution in [2.24, 2.45) is 0 Å². The number of tetrazole rings is 1. The van der Waals surface area contributed by atoms with E-state index in [9.17, 15) is 0 Å². The van der Waals surface area contributed by atoms with Gasteiger partial charge < -0.3 is 0 Å². The minimum absolute atomic E-state index is 0.782. The zero-order chi connectivity index (χ0) is 10.6. The molecule has 0 atom stereocenters. The zero-order valence-electron chi connectivity index (χ0n) is 7.54. The molecule has 0 N–H and O–H groups in total. The van der Waals surface area contributed by atoms with Crippen LogP contribution in [0.5, 0.6) is 0 Å². The normalized spacial score (nSPS) is 10.3. The quantitative estimate of drug-likeness (QED) is 0.563. The van der Waals surface area contributed by atoms with Gasteiger partial charge in [0.25, 0.3) is 0 Å². The fourth-order valence-corrected chi connectivity index (χ4v) is 1.60. The van der Waals surface area contributed by atoms with Crippen molar-refractivity contribution in [1.82, 2.24) is 20.2 Å². The average Bonchev–Trinajstić information content (AvgIpc) is 2.53. The Labute approximate surface area is 124 Å². The summed E-state index contributed by atoms with van der Waals surface area (Å²) in [5.74, 6) is 0.968. The van der Waals surface area contributed by atoms with Crippen molar-refractivity contribution < 1.29 is 0 Å². The molecule has 4 nitrogen and oxygen atoms in total. The first-order valence-corrected chi connectivity index (χ1v) is 7.33. The molecular weight excluding hydrogens is 521 g/mol. The van der Waals surface area contributed by atoms with E-state index >= 15 is 0 Å². The Kier molecular flexibility index (Phi) is 6.12. The second kappa shape index (κ2) is 6.55. The number of halogens is 3. The molecule has 0 amide bonds. The number of aromatic nitrogens is 4. The monoisotopic (exact) mass is 530 g/mol. The average molecular weight is 530 g/mol. The molecule has 0 aliphatic heterocycles. The summed E-state index contributed by atoms with van der Waals surface area (Å²) in [7, 11) is 0. The Morgan fingerprint density at radius 2 is 2.07 bits per heavy atom. The Bertz CT molecular complexity index is 329. The molecule has 0 unspecified atom stereocenters. The predicted octanol–water partition coefficient (Wildman–Crippen LogP) is 3.10. The van der Waals surface area contributed by atoms with Gasteiger partial charge in [-0.05, 0) is 84.6 Å². The Balaban J connectivity index is 2.76. The van der Waals surface area contributed by atoms with Gasteiger partial charge in [-0.3, -0.25) is 0 Å². The summed E-state index contributed by atoms with van der Waals surface area (Å²) >= 11 is 6.93. The molecule has 0 saturated carbocycles. The molecule has 0 saturated heterocycles. The molecule has 0 aliphatic carbocycles. The molecule has 1 rings (SSSR count). The Morgan fingerprint density at radius 3 is 2.64 bits per heavy atom. The second-order valence-corrected chi connectivity index (χ2v) is 8.19. The smallest absolute Gasteiger partial charge is 0.151 e. The van der Waals surface area contributed by atoms with E-state index in [2.05, 4.69) is 90.2 Å². The van der Waals surface area contributed by atoms with Crippen LogP contribution in [0.3, 0.4) is 0 Å². The minimum Gasteiger partial charge on any atom is -0.225 e. The number of nitrogens with zero attached hydrogens (tertiary/aromatic N) is 4. The molecule has 0 radical (unpaired) electrons. The third kappa shape index (κ3) is 3.87. The van der Waals surface area contributed by atoms with E-state index in [-0.39, 0.29) is 0 Å². The lowest BCUT2D eigenvalue weighted by Crippen LogP contribution is -2.06. The number of rotatable bonds is 4. The van der Waals surface area contributed by atoms with E-state index in [0.29, 0.717) is 0 Å². The Hall–Kier alpha value is 1.000. The second-order valence-electron chi connectivity index (χ2n) is 2.67. The molecule has 0 aliphatic rings. The van der Waals surface area contributed by atoms with Gasteiger partial charge in [-0.1, -0.05) is 6.92 Å². The van der Waals surface area contributed by atoms with Crippen molar-refractivity contribution in [1.29, 1.82) is 0 Å². The molecule has 0 aromatic carbocycles. The third-order valence-electron chi connectivity index (χ3n) is 1.57. The van der Waals surface area contributed by atoms with Crippen molar-refractivity contribution in [2.75, 3.05) is 0 Å². The van der Waals surface area contributed by atoms with Crippen molar-refractivity contribution in [3.63, 3.8) is 0 Å². The van der Waals surface area contributed by atoms with Gasteiger partial charge in [-0.25, -0.2) is 4.68 Å². The molecule has 7 heteroatoms. The fourth-order valence-electron chi connectivity index (χ4n) is 0.940. The van der Waals surface area contributed by atoms with Crippen molar-refractivity contribution in [3.8, 4) is 0 Å². The van der Waals surface area contributed by atoms with Gasteiger partial charge in [0.15, 0.2) is 5.82 Å². The standard InChI is InChI=1S/C7H9I3N4/c1-2-3-6-11-12-13-14(6)4-5(8)7(9)10/h2-4H2,1H3. The van der Waals surface area contributed by atoms with Crippen LogP contribution in [0.15, 0.2) is 5.17 Å². The van der Waals surface area contributed by atoms with Crippen LogP contribution >= 0.6 is 67.8 Å². The molecule has 0 fully saturated rings. The lowest BCUT2D eigenvalue weighted by atomic mass is 10.3. The Morgan fingerprint density at radius 1 is 1.36 bits per heavy atom. The van der Waals surface area contributed by atoms with Gasteiger partial charge >= 0.3 is 0 Å². The van der Waals surface area contributed by atoms with Gasteiger partial charge in [0.1, 0.15) is 0 Å². The minimum atomic E-state index is 0.782. The first kappa shape index (κ1) is 13.1. The molecule has 14 heavy (non-hydrogen) atoms. The van der Waals surface area contributed by atoms with Gasteiger partial charge in [0.2, 0.25) is 0 Å². The summed E-state index contributed by atoms with van der Waals surface area (Å²) in [4.78, 5) is 0. The predicted molar refractivity (Wildman–Crippen MR) is 80.9 cm³/mol. The topological polar surface area (TPSA) is 43.6 Å². The fraction of sp³-hybridized carbons (Fsp3) is 0.571. The molecule has 1 heterocycles. The number of hydrogen-bond acceptors (Lipinski definition) is 3. The number of allylic oxidation sites excluding steroid dienone is 1. The maximum absolute atomic E-state index is 3.99. The van der Waals surface area contributed by atoms with Gasteiger partial charge in [-0.2, -0.15) is 0 Å². The van der Waals surface area contributed by atoms with E-state index in [0.717, 1.165) is 25.2 Å². The molecule has 1 aromatic rings. The highest BCUT2D eigenvalue weighted by Crippen LogP contribution is 2.26. The van der Waals surface area contributed by atoms with Crippen LogP contribution in [0.4, 0.5) is 0 Å². The molecular formula is C7H9I3N4. The maximum atomic E-state index is 3.99. The van der Waals surface area contributed by atoms with E-state index in [4.69, 9.17) is 0 Å². The van der Waals surface area contributed by atoms with Crippen LogP contribution in [0.25, 0.3) is 0 Å². The summed E-state index contributed by atoms with van der Waals surface area (Å²) in [6, 6.07) is 0. The third-order valence-corrected chi connectivity index (χ3v) is 5.82. The highest BCUT2D eigenvalue weighted by molar-refractivity contribution is 14.2. The van der Waals surface area contributed by atoms with Crippen molar-refractivity contribution in [2.45, 2.75) is 26.3 Å². The molecule has 0 spiro atoms. The van der Waals surface area contributed by atoms with E-state index in [1.54, 1.807) is 0 Å². The van der Waals surface area contributed by atoms with E-state index in [1.807, 2.05) is 4.68 Å². The summed E-state index contributed by atoms with van der Waals surface area (Å²) in [5, 5.41) is 11.6. The first-order valence-electron chi connectivity index (χ1n) is 4.09. The SMILES string of the molecule is CCCc1nnnn1CC(I)=C(I)I. The first-order chi connectivity index (χ1) is 6.65. The maximum Gasteiger partial charge on any atom is 0.151 e. The summed E-state index contributed by atoms with van der Waals surface area (Å²) in [6.45, 7) is 2.91. The van der Waals surface area contributed by atoms with Gasteiger partial charge in [0.05, 0.1) is 8.13 Å². The van der Waals surface area contributed by atoms with Gasteiger partial charge in [0, 0.05) is 10.0 Å². The lowest BCUT2D eigenvalue weighted by Gasteiger charge is -2.02.